The SMILES string of the molecule is CC1(C)CN(C(=O)C2CC3CCC2C3)CCN1. The van der Waals surface area contributed by atoms with Crippen LogP contribution in [0.5, 0.6) is 0 Å². The number of rotatable bonds is 1. The summed E-state index contributed by atoms with van der Waals surface area (Å²) in [7, 11) is 0. The Morgan fingerprint density at radius 2 is 2.12 bits per heavy atom. The molecule has 0 radical (unpaired) electrons. The third-order valence-corrected chi connectivity index (χ3v) is 4.94. The summed E-state index contributed by atoms with van der Waals surface area (Å²) in [5, 5.41) is 3.47. The van der Waals surface area contributed by atoms with E-state index in [0.29, 0.717) is 17.7 Å². The number of nitrogens with one attached hydrogen (secondary N) is 1. The minimum Gasteiger partial charge on any atom is -0.339 e. The summed E-state index contributed by atoms with van der Waals surface area (Å²) >= 11 is 0. The quantitative estimate of drug-likeness (QED) is 0.750. The van der Waals surface area contributed by atoms with Gasteiger partial charge in [0.2, 0.25) is 5.91 Å². The maximum absolute atomic E-state index is 12.6. The average Bonchev–Trinajstić information content (AvgIpc) is 2.88. The molecule has 1 N–H and O–H groups in total. The van der Waals surface area contributed by atoms with E-state index in [1.165, 1.54) is 25.7 Å². The average molecular weight is 236 g/mol. The van der Waals surface area contributed by atoms with Crippen LogP contribution >= 0.6 is 0 Å². The van der Waals surface area contributed by atoms with Crippen LogP contribution in [0.25, 0.3) is 0 Å². The summed E-state index contributed by atoms with van der Waals surface area (Å²) < 4.78 is 0. The van der Waals surface area contributed by atoms with Crippen LogP contribution < -0.4 is 5.32 Å². The molecule has 3 fully saturated rings. The van der Waals surface area contributed by atoms with Crippen molar-refractivity contribution in [3.63, 3.8) is 0 Å². The first-order chi connectivity index (χ1) is 8.05. The van der Waals surface area contributed by atoms with E-state index in [1.807, 2.05) is 0 Å². The van der Waals surface area contributed by atoms with E-state index < -0.39 is 0 Å². The lowest BCUT2D eigenvalue weighted by molar-refractivity contribution is -0.139. The van der Waals surface area contributed by atoms with Crippen molar-refractivity contribution >= 4 is 5.91 Å². The second kappa shape index (κ2) is 3.98. The minimum absolute atomic E-state index is 0.0888. The predicted molar refractivity (Wildman–Crippen MR) is 67.6 cm³/mol. The Kier molecular flexibility index (Phi) is 2.69. The fraction of sp³-hybridized carbons (Fsp3) is 0.929. The predicted octanol–water partition coefficient (Wildman–Crippen LogP) is 1.63. The van der Waals surface area contributed by atoms with Gasteiger partial charge in [0, 0.05) is 31.1 Å². The van der Waals surface area contributed by atoms with Gasteiger partial charge in [-0.15, -0.1) is 0 Å². The summed E-state index contributed by atoms with van der Waals surface area (Å²) in [6.07, 6.45) is 5.18. The van der Waals surface area contributed by atoms with E-state index in [1.54, 1.807) is 0 Å². The van der Waals surface area contributed by atoms with Gasteiger partial charge >= 0.3 is 0 Å². The standard InChI is InChI=1S/C14H24N2O/c1-14(2)9-16(6-5-15-14)13(17)12-8-10-3-4-11(12)7-10/h10-12,15H,3-9H2,1-2H3. The molecule has 1 aliphatic heterocycles. The number of fused-ring (bicyclic) bond motifs is 2. The molecular weight excluding hydrogens is 212 g/mol. The Labute approximate surface area is 104 Å². The molecule has 3 atom stereocenters. The normalized spacial score (nSPS) is 39.6. The zero-order valence-corrected chi connectivity index (χ0v) is 11.0. The zero-order chi connectivity index (χ0) is 12.0. The van der Waals surface area contributed by atoms with E-state index >= 15 is 0 Å². The Morgan fingerprint density at radius 1 is 1.29 bits per heavy atom. The van der Waals surface area contributed by atoms with Crippen LogP contribution in [0.4, 0.5) is 0 Å². The van der Waals surface area contributed by atoms with Gasteiger partial charge in [-0.25, -0.2) is 0 Å². The highest BCUT2D eigenvalue weighted by molar-refractivity contribution is 5.80. The van der Waals surface area contributed by atoms with Crippen molar-refractivity contribution in [3.05, 3.63) is 0 Å². The van der Waals surface area contributed by atoms with E-state index in [-0.39, 0.29) is 5.54 Å². The molecule has 96 valence electrons. The monoisotopic (exact) mass is 236 g/mol. The van der Waals surface area contributed by atoms with E-state index in [9.17, 15) is 4.79 Å². The van der Waals surface area contributed by atoms with Crippen molar-refractivity contribution < 1.29 is 4.79 Å². The molecule has 2 bridgehead atoms. The molecule has 3 rings (SSSR count). The first-order valence-electron chi connectivity index (χ1n) is 7.09. The van der Waals surface area contributed by atoms with E-state index in [2.05, 4.69) is 24.1 Å². The molecule has 0 aromatic carbocycles. The lowest BCUT2D eigenvalue weighted by atomic mass is 9.87. The van der Waals surface area contributed by atoms with Crippen LogP contribution in [0.3, 0.4) is 0 Å². The van der Waals surface area contributed by atoms with Gasteiger partial charge in [0.1, 0.15) is 0 Å². The van der Waals surface area contributed by atoms with Crippen molar-refractivity contribution in [3.8, 4) is 0 Å². The van der Waals surface area contributed by atoms with Gasteiger partial charge in [-0.1, -0.05) is 6.42 Å². The van der Waals surface area contributed by atoms with Gasteiger partial charge in [-0.2, -0.15) is 0 Å². The maximum atomic E-state index is 12.6. The smallest absolute Gasteiger partial charge is 0.226 e. The van der Waals surface area contributed by atoms with Gasteiger partial charge in [0.25, 0.3) is 0 Å². The minimum atomic E-state index is 0.0888. The zero-order valence-electron chi connectivity index (χ0n) is 11.0. The number of carbonyl (C=O) groups excluding carboxylic acids is 1. The summed E-state index contributed by atoms with van der Waals surface area (Å²) in [6.45, 7) is 7.09. The van der Waals surface area contributed by atoms with Crippen LogP contribution in [-0.2, 0) is 4.79 Å². The van der Waals surface area contributed by atoms with Crippen LogP contribution in [0.15, 0.2) is 0 Å². The first kappa shape index (κ1) is 11.5. The molecule has 17 heavy (non-hydrogen) atoms. The molecule has 2 aliphatic carbocycles. The second-order valence-electron chi connectivity index (χ2n) is 6.85. The molecule has 2 saturated carbocycles. The third-order valence-electron chi connectivity index (χ3n) is 4.94. The van der Waals surface area contributed by atoms with Gasteiger partial charge in [0.05, 0.1) is 0 Å². The van der Waals surface area contributed by atoms with Crippen molar-refractivity contribution in [2.75, 3.05) is 19.6 Å². The lowest BCUT2D eigenvalue weighted by Gasteiger charge is -2.41. The van der Waals surface area contributed by atoms with Gasteiger partial charge < -0.3 is 10.2 Å². The molecule has 3 nitrogen and oxygen atoms in total. The molecule has 1 amide bonds. The summed E-state index contributed by atoms with van der Waals surface area (Å²) in [6, 6.07) is 0. The molecule has 0 aromatic heterocycles. The Morgan fingerprint density at radius 3 is 2.71 bits per heavy atom. The molecule has 1 saturated heterocycles. The number of hydrogen-bond acceptors (Lipinski definition) is 2. The number of hydrogen-bond donors (Lipinski definition) is 1. The summed E-state index contributed by atoms with van der Waals surface area (Å²) in [4.78, 5) is 14.7. The topological polar surface area (TPSA) is 32.3 Å². The fourth-order valence-electron chi connectivity index (χ4n) is 4.11. The van der Waals surface area contributed by atoms with Gasteiger partial charge in [-0.3, -0.25) is 4.79 Å². The highest BCUT2D eigenvalue weighted by Gasteiger charge is 2.45. The van der Waals surface area contributed by atoms with Gasteiger partial charge in [-0.05, 0) is 44.9 Å². The third kappa shape index (κ3) is 2.10. The molecule has 0 aromatic rings. The summed E-state index contributed by atoms with van der Waals surface area (Å²) in [5.41, 5.74) is 0.0888. The van der Waals surface area contributed by atoms with Crippen LogP contribution in [0.1, 0.15) is 39.5 Å². The summed E-state index contributed by atoms with van der Waals surface area (Å²) in [5.74, 6) is 2.39. The number of carbonyl (C=O) groups is 1. The van der Waals surface area contributed by atoms with Crippen molar-refractivity contribution in [2.24, 2.45) is 17.8 Å². The second-order valence-corrected chi connectivity index (χ2v) is 6.85. The molecule has 0 spiro atoms. The Bertz CT molecular complexity index is 326. The molecule has 3 heteroatoms. The number of nitrogens with zero attached hydrogens (tertiary/aromatic N) is 1. The Hall–Kier alpha value is -0.570. The van der Waals surface area contributed by atoms with Crippen LogP contribution in [-0.4, -0.2) is 36.0 Å². The number of piperazine rings is 1. The van der Waals surface area contributed by atoms with E-state index in [4.69, 9.17) is 0 Å². The Balaban J connectivity index is 1.66. The first-order valence-corrected chi connectivity index (χ1v) is 7.09. The maximum Gasteiger partial charge on any atom is 0.226 e. The number of amides is 1. The fourth-order valence-corrected chi connectivity index (χ4v) is 4.11. The highest BCUT2D eigenvalue weighted by atomic mass is 16.2. The highest BCUT2D eigenvalue weighted by Crippen LogP contribution is 2.48. The van der Waals surface area contributed by atoms with E-state index in [0.717, 1.165) is 25.6 Å². The van der Waals surface area contributed by atoms with Crippen molar-refractivity contribution in [2.45, 2.75) is 45.1 Å². The van der Waals surface area contributed by atoms with Crippen LogP contribution in [0.2, 0.25) is 0 Å². The van der Waals surface area contributed by atoms with Crippen molar-refractivity contribution in [1.82, 2.24) is 10.2 Å². The van der Waals surface area contributed by atoms with Crippen molar-refractivity contribution in [1.29, 1.82) is 0 Å². The molecule has 3 aliphatic rings. The van der Waals surface area contributed by atoms with Crippen LogP contribution in [0, 0.1) is 17.8 Å². The lowest BCUT2D eigenvalue weighted by Crippen LogP contribution is -2.59. The molecular formula is C14H24N2O. The molecule has 3 unspecified atom stereocenters. The van der Waals surface area contributed by atoms with Gasteiger partial charge in [0.15, 0.2) is 0 Å². The molecule has 1 heterocycles. The largest absolute Gasteiger partial charge is 0.339 e.